The molecule has 0 radical (unpaired) electrons. The molecule has 0 aliphatic heterocycles. The number of hydrogen-bond donors (Lipinski definition) is 2. The summed E-state index contributed by atoms with van der Waals surface area (Å²) in [7, 11) is -4.40. The Labute approximate surface area is 285 Å². The van der Waals surface area contributed by atoms with Crippen LogP contribution in [0.4, 0.5) is 11.4 Å². The summed E-state index contributed by atoms with van der Waals surface area (Å²) in [6, 6.07) is 31.8. The molecule has 0 bridgehead atoms. The second-order valence-corrected chi connectivity index (χ2v) is 14.9. The third-order valence-electron chi connectivity index (χ3n) is 7.41. The van der Waals surface area contributed by atoms with Crippen LogP contribution in [0, 0.1) is 0 Å². The van der Waals surface area contributed by atoms with Crippen LogP contribution >= 0.6 is 43.8 Å². The van der Waals surface area contributed by atoms with Gasteiger partial charge in [-0.3, -0.25) is 13.9 Å². The Bertz CT molecular complexity index is 2280. The summed E-state index contributed by atoms with van der Waals surface area (Å²) in [5.74, 6) is -2.39. The molecule has 0 heterocycles. The Morgan fingerprint density at radius 3 is 1.67 bits per heavy atom. The van der Waals surface area contributed by atoms with Crippen LogP contribution in [0.1, 0.15) is 0 Å². The van der Waals surface area contributed by atoms with Crippen molar-refractivity contribution in [2.45, 2.75) is 9.79 Å². The number of carboxylic acid groups (broad SMARTS) is 2. The van der Waals surface area contributed by atoms with E-state index in [1.165, 1.54) is 24.1 Å². The van der Waals surface area contributed by atoms with Crippen molar-refractivity contribution in [2.24, 2.45) is 0 Å². The van der Waals surface area contributed by atoms with Gasteiger partial charge in [-0.15, -0.1) is 0 Å². The van der Waals surface area contributed by atoms with E-state index in [4.69, 9.17) is 0 Å². The lowest BCUT2D eigenvalue weighted by molar-refractivity contribution is -0.136. The number of sulfonamides is 1. The van der Waals surface area contributed by atoms with Gasteiger partial charge in [-0.2, -0.15) is 0 Å². The van der Waals surface area contributed by atoms with Gasteiger partial charge in [0.25, 0.3) is 10.0 Å². The summed E-state index contributed by atoms with van der Waals surface area (Å²) in [6.45, 7) is -1.19. The Balaban J connectivity index is 1.52. The Kier molecular flexibility index (Phi) is 8.97. The summed E-state index contributed by atoms with van der Waals surface area (Å²) in [6.07, 6.45) is 0. The zero-order chi connectivity index (χ0) is 32.6. The van der Waals surface area contributed by atoms with Crippen LogP contribution in [0.2, 0.25) is 0 Å². The molecule has 0 unspecified atom stereocenters. The molecule has 0 saturated heterocycles. The van der Waals surface area contributed by atoms with E-state index in [1.54, 1.807) is 65.0 Å². The van der Waals surface area contributed by atoms with Crippen molar-refractivity contribution in [3.8, 4) is 0 Å². The first-order valence-electron chi connectivity index (χ1n) is 13.8. The number of fused-ring (bicyclic) bond motifs is 3. The molecule has 6 aromatic carbocycles. The van der Waals surface area contributed by atoms with Gasteiger partial charge in [0, 0.05) is 30.0 Å². The number of benzene rings is 6. The predicted molar refractivity (Wildman–Crippen MR) is 190 cm³/mol. The minimum Gasteiger partial charge on any atom is -0.480 e. The van der Waals surface area contributed by atoms with Crippen molar-refractivity contribution >= 4 is 109 Å². The fourth-order valence-electron chi connectivity index (χ4n) is 5.43. The third-order valence-corrected chi connectivity index (χ3v) is 11.7. The second-order valence-electron chi connectivity index (χ2n) is 10.3. The van der Waals surface area contributed by atoms with E-state index in [2.05, 4.69) is 31.9 Å². The summed E-state index contributed by atoms with van der Waals surface area (Å²) in [5.41, 5.74) is 0.684. The molecular weight excluding hydrogens is 756 g/mol. The molecule has 0 aliphatic rings. The molecule has 0 aromatic heterocycles. The highest BCUT2D eigenvalue weighted by atomic mass is 79.9. The Hall–Kier alpha value is -4.10. The summed E-state index contributed by atoms with van der Waals surface area (Å²) in [5, 5.41) is 23.8. The van der Waals surface area contributed by atoms with Gasteiger partial charge in [0.05, 0.1) is 16.3 Å². The fraction of sp³-hybridized carbons (Fsp3) is 0.0588. The van der Waals surface area contributed by atoms with Gasteiger partial charge in [-0.05, 0) is 64.5 Å². The van der Waals surface area contributed by atoms with Crippen LogP contribution in [0.15, 0.2) is 128 Å². The number of anilines is 2. The quantitative estimate of drug-likeness (QED) is 0.133. The smallest absolute Gasteiger partial charge is 0.324 e. The van der Waals surface area contributed by atoms with Gasteiger partial charge >= 0.3 is 11.9 Å². The minimum atomic E-state index is -4.40. The molecule has 0 amide bonds. The molecule has 46 heavy (non-hydrogen) atoms. The van der Waals surface area contributed by atoms with Crippen molar-refractivity contribution in [2.75, 3.05) is 21.7 Å². The highest BCUT2D eigenvalue weighted by Crippen LogP contribution is 2.42. The van der Waals surface area contributed by atoms with Crippen molar-refractivity contribution in [3.63, 3.8) is 0 Å². The molecule has 2 N–H and O–H groups in total. The first-order chi connectivity index (χ1) is 22.1. The zero-order valence-corrected chi connectivity index (χ0v) is 28.6. The molecule has 0 atom stereocenters. The van der Waals surface area contributed by atoms with Gasteiger partial charge < -0.3 is 14.5 Å². The van der Waals surface area contributed by atoms with Gasteiger partial charge in [0.1, 0.15) is 13.1 Å². The maximum Gasteiger partial charge on any atom is 0.324 e. The van der Waals surface area contributed by atoms with E-state index in [0.29, 0.717) is 31.7 Å². The number of carboxylic acids is 2. The number of aliphatic carboxylic acids is 2. The highest BCUT2D eigenvalue weighted by molar-refractivity contribution is 9.11. The Morgan fingerprint density at radius 1 is 0.587 bits per heavy atom. The van der Waals surface area contributed by atoms with E-state index in [1.807, 2.05) is 36.4 Å². The maximum absolute atomic E-state index is 14.3. The van der Waals surface area contributed by atoms with Crippen LogP contribution in [-0.2, 0) is 19.6 Å². The molecular formula is C34H24Br2N2O6S2. The molecule has 12 heteroatoms. The lowest BCUT2D eigenvalue weighted by atomic mass is 10.1. The molecule has 0 aliphatic carbocycles. The molecule has 232 valence electrons. The molecule has 6 aromatic rings. The average Bonchev–Trinajstić information content (AvgIpc) is 3.04. The van der Waals surface area contributed by atoms with Gasteiger partial charge in [0.15, 0.2) is 0 Å². The van der Waals surface area contributed by atoms with E-state index in [-0.39, 0.29) is 17.1 Å². The number of halogens is 2. The largest absolute Gasteiger partial charge is 0.480 e. The minimum absolute atomic E-state index is 0.0362. The monoisotopic (exact) mass is 778 g/mol. The first-order valence-corrected chi connectivity index (χ1v) is 17.6. The predicted octanol–water partition coefficient (Wildman–Crippen LogP) is 8.55. The number of carbonyl (C=O) groups is 2. The van der Waals surface area contributed by atoms with Crippen molar-refractivity contribution in [1.29, 1.82) is 0 Å². The van der Waals surface area contributed by atoms with Gasteiger partial charge in [-0.25, -0.2) is 8.42 Å². The lowest BCUT2D eigenvalue weighted by Gasteiger charge is -2.28. The van der Waals surface area contributed by atoms with E-state index >= 15 is 0 Å². The summed E-state index contributed by atoms with van der Waals surface area (Å²) < 4.78 is 32.8. The van der Waals surface area contributed by atoms with Crippen LogP contribution in [-0.4, -0.2) is 43.7 Å². The number of hydrogen-bond acceptors (Lipinski definition) is 6. The van der Waals surface area contributed by atoms with E-state index in [9.17, 15) is 28.2 Å². The fourth-order valence-corrected chi connectivity index (χ4v) is 9.09. The molecule has 8 nitrogen and oxygen atoms in total. The summed E-state index contributed by atoms with van der Waals surface area (Å²) >= 11 is 8.32. The SMILES string of the molecule is O=C(O)CN(Sc1ccc(Br)c2ccccc12)c1ccc(N(CC(=O)O)S(=O)(=O)c2ccc(Br)c3ccccc23)c2ccccc12. The third kappa shape index (κ3) is 6.05. The van der Waals surface area contributed by atoms with Crippen LogP contribution in [0.3, 0.4) is 0 Å². The normalized spacial score (nSPS) is 11.6. The highest BCUT2D eigenvalue weighted by Gasteiger charge is 2.31. The average molecular weight is 781 g/mol. The van der Waals surface area contributed by atoms with Crippen molar-refractivity contribution in [1.82, 2.24) is 0 Å². The standard InChI is InChI=1S/C34H24Br2N2O6S2/c35-27-13-17-31(25-11-5-1-7-21(25)27)45-37(19-33(39)40)29-15-16-30(24-10-4-3-9-23(24)29)38(20-34(41)42)46(43,44)32-18-14-28(36)22-8-2-6-12-26(22)32/h1-18H,19-20H2,(H,39,40)(H,41,42). The molecule has 6 rings (SSSR count). The first kappa shape index (κ1) is 31.9. The lowest BCUT2D eigenvalue weighted by Crippen LogP contribution is -2.36. The van der Waals surface area contributed by atoms with Crippen LogP contribution in [0.25, 0.3) is 32.3 Å². The van der Waals surface area contributed by atoms with E-state index < -0.39 is 28.5 Å². The van der Waals surface area contributed by atoms with Crippen LogP contribution in [0.5, 0.6) is 0 Å². The number of rotatable bonds is 10. The van der Waals surface area contributed by atoms with E-state index in [0.717, 1.165) is 24.4 Å². The van der Waals surface area contributed by atoms with Crippen molar-refractivity contribution in [3.05, 3.63) is 118 Å². The zero-order valence-electron chi connectivity index (χ0n) is 23.8. The summed E-state index contributed by atoms with van der Waals surface area (Å²) in [4.78, 5) is 25.1. The topological polar surface area (TPSA) is 115 Å². The van der Waals surface area contributed by atoms with Crippen LogP contribution < -0.4 is 8.61 Å². The maximum atomic E-state index is 14.3. The van der Waals surface area contributed by atoms with Gasteiger partial charge in [-0.1, -0.05) is 105 Å². The van der Waals surface area contributed by atoms with Crippen molar-refractivity contribution < 1.29 is 28.2 Å². The Morgan fingerprint density at radius 2 is 1.07 bits per heavy atom. The molecule has 0 spiro atoms. The molecule has 0 saturated carbocycles. The number of nitrogens with zero attached hydrogens (tertiary/aromatic N) is 2. The van der Waals surface area contributed by atoms with Gasteiger partial charge in [0.2, 0.25) is 0 Å². The second kappa shape index (κ2) is 13.0. The molecule has 0 fully saturated rings.